The predicted octanol–water partition coefficient (Wildman–Crippen LogP) is 4.27. The van der Waals surface area contributed by atoms with Gasteiger partial charge in [0.25, 0.3) is 0 Å². The first-order valence-electron chi connectivity index (χ1n) is 6.47. The van der Waals surface area contributed by atoms with Crippen molar-refractivity contribution >= 4 is 14.4 Å². The van der Waals surface area contributed by atoms with Crippen molar-refractivity contribution in [3.8, 4) is 0 Å². The van der Waals surface area contributed by atoms with Gasteiger partial charge in [0.05, 0.1) is 6.20 Å². The fourth-order valence-electron chi connectivity index (χ4n) is 1.32. The summed E-state index contributed by atoms with van der Waals surface area (Å²) in [7, 11) is -1.61. The number of rotatable bonds is 6. The van der Waals surface area contributed by atoms with Gasteiger partial charge in [-0.25, -0.2) is 4.98 Å². The Morgan fingerprint density at radius 3 is 2.61 bits per heavy atom. The maximum atomic E-state index is 6.11. The van der Waals surface area contributed by atoms with E-state index < -0.39 is 8.32 Å². The fourth-order valence-corrected chi connectivity index (χ4v) is 2.41. The predicted molar refractivity (Wildman–Crippen MR) is 78.1 cm³/mol. The monoisotopic (exact) mass is 267 g/mol. The lowest BCUT2D eigenvalue weighted by Crippen LogP contribution is -2.41. The molecule has 0 amide bonds. The summed E-state index contributed by atoms with van der Waals surface area (Å²) in [5.74, 6) is 1.50. The molecule has 3 nitrogen and oxygen atoms in total. The first kappa shape index (κ1) is 15.2. The zero-order valence-electron chi connectivity index (χ0n) is 12.2. The van der Waals surface area contributed by atoms with Gasteiger partial charge in [-0.1, -0.05) is 27.4 Å². The van der Waals surface area contributed by atoms with E-state index in [-0.39, 0.29) is 5.04 Å². The topological polar surface area (TPSA) is 35.3 Å². The van der Waals surface area contributed by atoms with Crippen molar-refractivity contribution in [1.82, 2.24) is 4.98 Å². The second-order valence-electron chi connectivity index (χ2n) is 6.08. The lowest BCUT2D eigenvalue weighted by molar-refractivity contribution is 0.279. The molecule has 18 heavy (non-hydrogen) atoms. The standard InChI is InChI=1S/C14H25NO2Si/c1-7-13-15-11-12(17-13)9-8-10-16-18(5,6)14(2,3)4/h7,11H,1,8-10H2,2-6H3. The van der Waals surface area contributed by atoms with E-state index >= 15 is 0 Å². The van der Waals surface area contributed by atoms with Gasteiger partial charge in [-0.2, -0.15) is 0 Å². The third kappa shape index (κ3) is 4.10. The Hall–Kier alpha value is -0.873. The summed E-state index contributed by atoms with van der Waals surface area (Å²) in [5.41, 5.74) is 0. The summed E-state index contributed by atoms with van der Waals surface area (Å²) in [6, 6.07) is 0. The minimum absolute atomic E-state index is 0.273. The summed E-state index contributed by atoms with van der Waals surface area (Å²) in [5, 5.41) is 0.273. The van der Waals surface area contributed by atoms with Crippen LogP contribution >= 0.6 is 0 Å². The molecule has 0 aliphatic rings. The highest BCUT2D eigenvalue weighted by molar-refractivity contribution is 6.74. The van der Waals surface area contributed by atoms with Crippen LogP contribution in [-0.2, 0) is 10.8 Å². The first-order chi connectivity index (χ1) is 8.26. The van der Waals surface area contributed by atoms with Gasteiger partial charge in [0.2, 0.25) is 5.89 Å². The Morgan fingerprint density at radius 1 is 1.44 bits per heavy atom. The van der Waals surface area contributed by atoms with Crippen LogP contribution in [-0.4, -0.2) is 19.9 Å². The molecule has 0 aliphatic carbocycles. The van der Waals surface area contributed by atoms with Crippen LogP contribution in [0.2, 0.25) is 18.1 Å². The Labute approximate surface area is 111 Å². The van der Waals surface area contributed by atoms with E-state index in [1.807, 2.05) is 0 Å². The molecule has 0 aliphatic heterocycles. The van der Waals surface area contributed by atoms with Gasteiger partial charge < -0.3 is 8.84 Å². The molecular formula is C14H25NO2Si. The van der Waals surface area contributed by atoms with Crippen LogP contribution in [0.15, 0.2) is 17.2 Å². The number of oxazole rings is 1. The molecule has 1 rings (SSSR count). The Morgan fingerprint density at radius 2 is 2.11 bits per heavy atom. The second-order valence-corrected chi connectivity index (χ2v) is 10.9. The largest absolute Gasteiger partial charge is 0.442 e. The Balaban J connectivity index is 2.33. The van der Waals surface area contributed by atoms with E-state index in [1.165, 1.54) is 0 Å². The van der Waals surface area contributed by atoms with Crippen molar-refractivity contribution < 1.29 is 8.84 Å². The fraction of sp³-hybridized carbons (Fsp3) is 0.643. The zero-order valence-corrected chi connectivity index (χ0v) is 13.2. The van der Waals surface area contributed by atoms with Crippen LogP contribution in [0.3, 0.4) is 0 Å². The summed E-state index contributed by atoms with van der Waals surface area (Å²) in [4.78, 5) is 4.08. The number of nitrogens with zero attached hydrogens (tertiary/aromatic N) is 1. The minimum Gasteiger partial charge on any atom is -0.442 e. The molecule has 1 aromatic heterocycles. The number of hydrogen-bond acceptors (Lipinski definition) is 3. The smallest absolute Gasteiger partial charge is 0.218 e. The van der Waals surface area contributed by atoms with E-state index in [9.17, 15) is 0 Å². The van der Waals surface area contributed by atoms with Crippen molar-refractivity contribution in [2.45, 2.75) is 51.7 Å². The molecule has 0 saturated carbocycles. The van der Waals surface area contributed by atoms with Crippen LogP contribution in [0.5, 0.6) is 0 Å². The summed E-state index contributed by atoms with van der Waals surface area (Å²) in [6.07, 6.45) is 5.23. The summed E-state index contributed by atoms with van der Waals surface area (Å²) in [6.45, 7) is 15.7. The van der Waals surface area contributed by atoms with E-state index in [0.29, 0.717) is 5.89 Å². The van der Waals surface area contributed by atoms with E-state index in [1.54, 1.807) is 12.3 Å². The van der Waals surface area contributed by atoms with Crippen molar-refractivity contribution in [2.75, 3.05) is 6.61 Å². The van der Waals surface area contributed by atoms with Crippen molar-refractivity contribution in [3.63, 3.8) is 0 Å². The lowest BCUT2D eigenvalue weighted by Gasteiger charge is -2.36. The molecule has 0 spiro atoms. The Bertz CT molecular complexity index is 391. The van der Waals surface area contributed by atoms with Crippen molar-refractivity contribution in [2.24, 2.45) is 0 Å². The number of hydrogen-bond donors (Lipinski definition) is 0. The summed E-state index contributed by atoms with van der Waals surface area (Å²) >= 11 is 0. The van der Waals surface area contributed by atoms with Gasteiger partial charge in [-0.05, 0) is 30.6 Å². The number of aryl methyl sites for hydroxylation is 1. The molecule has 0 radical (unpaired) electrons. The van der Waals surface area contributed by atoms with Crippen molar-refractivity contribution in [3.05, 3.63) is 24.4 Å². The minimum atomic E-state index is -1.61. The highest BCUT2D eigenvalue weighted by Crippen LogP contribution is 2.36. The molecule has 0 N–H and O–H groups in total. The van der Waals surface area contributed by atoms with Gasteiger partial charge >= 0.3 is 0 Å². The van der Waals surface area contributed by atoms with E-state index in [0.717, 1.165) is 25.2 Å². The zero-order chi connectivity index (χ0) is 13.8. The van der Waals surface area contributed by atoms with Crippen molar-refractivity contribution in [1.29, 1.82) is 0 Å². The average Bonchev–Trinajstić information content (AvgIpc) is 2.70. The van der Waals surface area contributed by atoms with Gasteiger partial charge in [-0.15, -0.1) is 0 Å². The summed E-state index contributed by atoms with van der Waals surface area (Å²) < 4.78 is 11.6. The first-order valence-corrected chi connectivity index (χ1v) is 9.38. The van der Waals surface area contributed by atoms with Crippen LogP contribution < -0.4 is 0 Å². The van der Waals surface area contributed by atoms with Gasteiger partial charge in [0, 0.05) is 13.0 Å². The van der Waals surface area contributed by atoms with E-state index in [4.69, 9.17) is 8.84 Å². The highest BCUT2D eigenvalue weighted by Gasteiger charge is 2.36. The lowest BCUT2D eigenvalue weighted by atomic mass is 10.2. The molecular weight excluding hydrogens is 242 g/mol. The molecule has 0 fully saturated rings. The normalized spacial score (nSPS) is 12.7. The van der Waals surface area contributed by atoms with Crippen LogP contribution in [0.1, 0.15) is 38.8 Å². The maximum Gasteiger partial charge on any atom is 0.218 e. The van der Waals surface area contributed by atoms with Gasteiger partial charge in [0.15, 0.2) is 8.32 Å². The third-order valence-electron chi connectivity index (χ3n) is 3.58. The van der Waals surface area contributed by atoms with E-state index in [2.05, 4.69) is 45.4 Å². The highest BCUT2D eigenvalue weighted by atomic mass is 28.4. The van der Waals surface area contributed by atoms with Crippen LogP contribution in [0.4, 0.5) is 0 Å². The molecule has 4 heteroatoms. The van der Waals surface area contributed by atoms with Crippen LogP contribution in [0.25, 0.3) is 6.08 Å². The maximum absolute atomic E-state index is 6.11. The Kier molecular flexibility index (Phi) is 4.93. The molecule has 0 saturated heterocycles. The molecule has 1 heterocycles. The third-order valence-corrected chi connectivity index (χ3v) is 8.12. The molecule has 0 unspecified atom stereocenters. The quantitative estimate of drug-likeness (QED) is 0.570. The SMILES string of the molecule is C=Cc1ncc(CCCO[Si](C)(C)C(C)(C)C)o1. The molecule has 1 aromatic rings. The number of aromatic nitrogens is 1. The van der Waals surface area contributed by atoms with Gasteiger partial charge in [0.1, 0.15) is 5.76 Å². The molecule has 0 atom stereocenters. The molecule has 0 aromatic carbocycles. The average molecular weight is 267 g/mol. The van der Waals surface area contributed by atoms with Crippen LogP contribution in [0, 0.1) is 0 Å². The second kappa shape index (κ2) is 5.84. The molecule has 102 valence electrons. The molecule has 0 bridgehead atoms. The van der Waals surface area contributed by atoms with Gasteiger partial charge in [-0.3, -0.25) is 0 Å².